The fourth-order valence-electron chi connectivity index (χ4n) is 2.40. The summed E-state index contributed by atoms with van der Waals surface area (Å²) >= 11 is 6.48. The van der Waals surface area contributed by atoms with E-state index in [0.29, 0.717) is 23.4 Å². The van der Waals surface area contributed by atoms with Crippen molar-refractivity contribution in [2.75, 3.05) is 0 Å². The number of thioether (sulfide) groups is 2. The fourth-order valence-corrected chi connectivity index (χ4v) is 5.86. The van der Waals surface area contributed by atoms with Crippen LogP contribution in [0, 0.1) is 0 Å². The van der Waals surface area contributed by atoms with Gasteiger partial charge in [0, 0.05) is 5.75 Å². The Bertz CT molecular complexity index is 1010. The fraction of sp³-hybridized carbons (Fsp3) is 0.263. The summed E-state index contributed by atoms with van der Waals surface area (Å²) in [5.74, 6) is 3.29. The van der Waals surface area contributed by atoms with Crippen molar-refractivity contribution in [2.24, 2.45) is 0 Å². The number of rotatable bonds is 8. The van der Waals surface area contributed by atoms with Gasteiger partial charge in [-0.25, -0.2) is 0 Å². The van der Waals surface area contributed by atoms with E-state index in [1.165, 1.54) is 11.1 Å². The number of benzene rings is 1. The maximum atomic E-state index is 5.32. The van der Waals surface area contributed by atoms with Gasteiger partial charge < -0.3 is 4.52 Å². The van der Waals surface area contributed by atoms with Crippen molar-refractivity contribution in [3.63, 3.8) is 0 Å². The summed E-state index contributed by atoms with van der Waals surface area (Å²) in [5, 5.41) is 14.6. The lowest BCUT2D eigenvalue weighted by atomic mass is 10.0. The second-order valence-electron chi connectivity index (χ2n) is 6.30. The number of aromatic nitrogens is 4. The van der Waals surface area contributed by atoms with Crippen molar-refractivity contribution in [2.45, 2.75) is 40.0 Å². The molecule has 5 nitrogen and oxygen atoms in total. The highest BCUT2D eigenvalue weighted by atomic mass is 32.2. The lowest BCUT2D eigenvalue weighted by molar-refractivity contribution is 0.392. The Kier molecular flexibility index (Phi) is 6.46. The highest BCUT2D eigenvalue weighted by Crippen LogP contribution is 2.32. The summed E-state index contributed by atoms with van der Waals surface area (Å²) in [6.07, 6.45) is 0. The predicted octanol–water partition coefficient (Wildman–Crippen LogP) is 6.36. The molecule has 1 aromatic carbocycles. The van der Waals surface area contributed by atoms with Gasteiger partial charge in [0.2, 0.25) is 11.7 Å². The zero-order chi connectivity index (χ0) is 19.3. The third kappa shape index (κ3) is 5.02. The zero-order valence-electron chi connectivity index (χ0n) is 15.4. The normalized spacial score (nSPS) is 11.4. The van der Waals surface area contributed by atoms with Crippen molar-refractivity contribution in [3.05, 3.63) is 58.8 Å². The van der Waals surface area contributed by atoms with E-state index in [-0.39, 0.29) is 0 Å². The summed E-state index contributed by atoms with van der Waals surface area (Å²) in [6, 6.07) is 12.8. The van der Waals surface area contributed by atoms with Crippen LogP contribution in [-0.2, 0) is 11.5 Å². The van der Waals surface area contributed by atoms with Gasteiger partial charge in [-0.3, -0.25) is 0 Å². The Morgan fingerprint density at radius 1 is 1.00 bits per heavy atom. The molecule has 3 heterocycles. The van der Waals surface area contributed by atoms with Crippen LogP contribution in [0.2, 0.25) is 0 Å². The van der Waals surface area contributed by atoms with E-state index in [1.54, 1.807) is 46.2 Å². The summed E-state index contributed by atoms with van der Waals surface area (Å²) < 4.78 is 7.21. The van der Waals surface area contributed by atoms with Gasteiger partial charge in [0.05, 0.1) is 10.6 Å². The molecule has 0 saturated heterocycles. The lowest BCUT2D eigenvalue weighted by Gasteiger charge is -2.05. The molecule has 0 spiro atoms. The molecule has 144 valence electrons. The largest absolute Gasteiger partial charge is 0.338 e. The second kappa shape index (κ2) is 9.21. The molecule has 4 aromatic rings. The highest BCUT2D eigenvalue weighted by Gasteiger charge is 2.12. The Labute approximate surface area is 180 Å². The number of hydrogen-bond donors (Lipinski definition) is 0. The topological polar surface area (TPSA) is 64.7 Å². The first-order chi connectivity index (χ1) is 13.7. The van der Waals surface area contributed by atoms with Crippen molar-refractivity contribution < 1.29 is 4.52 Å². The first-order valence-corrected chi connectivity index (χ1v) is 12.4. The molecule has 28 heavy (non-hydrogen) atoms. The summed E-state index contributed by atoms with van der Waals surface area (Å²) in [6.45, 7) is 4.42. The highest BCUT2D eigenvalue weighted by molar-refractivity contribution is 8.02. The minimum atomic E-state index is 0.560. The van der Waals surface area contributed by atoms with Crippen LogP contribution in [0.4, 0.5) is 0 Å². The number of thiophene rings is 1. The average Bonchev–Trinajstić information content (AvgIpc) is 3.46. The molecule has 9 heteroatoms. The zero-order valence-corrected chi connectivity index (χ0v) is 18.6. The Hall–Kier alpha value is -1.68. The molecular weight excluding hydrogens is 429 g/mol. The Morgan fingerprint density at radius 3 is 2.43 bits per heavy atom. The van der Waals surface area contributed by atoms with Crippen molar-refractivity contribution in [1.29, 1.82) is 0 Å². The van der Waals surface area contributed by atoms with E-state index >= 15 is 0 Å². The molecule has 0 aliphatic rings. The smallest absolute Gasteiger partial charge is 0.237 e. The lowest BCUT2D eigenvalue weighted by Crippen LogP contribution is -1.87. The van der Waals surface area contributed by atoms with Crippen LogP contribution in [0.15, 0.2) is 55.0 Å². The van der Waals surface area contributed by atoms with Crippen LogP contribution in [-0.4, -0.2) is 20.3 Å². The summed E-state index contributed by atoms with van der Waals surface area (Å²) in [5.41, 5.74) is 2.66. The quantitative estimate of drug-likeness (QED) is 0.292. The first-order valence-electron chi connectivity index (χ1n) is 8.72. The van der Waals surface area contributed by atoms with Crippen LogP contribution in [0.3, 0.4) is 0 Å². The molecule has 0 amide bonds. The minimum Gasteiger partial charge on any atom is -0.338 e. The van der Waals surface area contributed by atoms with Crippen molar-refractivity contribution >= 4 is 46.2 Å². The second-order valence-corrected chi connectivity index (χ2v) is 10.7. The minimum absolute atomic E-state index is 0.560. The molecule has 0 fully saturated rings. The SMILES string of the molecule is CC(C)c1ccc(CSc2nnc(SCc3nc(-c4cccs4)no3)s2)cc1. The summed E-state index contributed by atoms with van der Waals surface area (Å²) in [4.78, 5) is 5.44. The maximum Gasteiger partial charge on any atom is 0.237 e. The molecule has 4 rings (SSSR count). The van der Waals surface area contributed by atoms with Gasteiger partial charge in [-0.05, 0) is 28.5 Å². The van der Waals surface area contributed by atoms with Gasteiger partial charge in [-0.1, -0.05) is 84.2 Å². The Balaban J connectivity index is 1.28. The van der Waals surface area contributed by atoms with Crippen molar-refractivity contribution in [1.82, 2.24) is 20.3 Å². The van der Waals surface area contributed by atoms with Crippen molar-refractivity contribution in [3.8, 4) is 10.7 Å². The molecule has 0 bridgehead atoms. The first kappa shape index (κ1) is 19.6. The van der Waals surface area contributed by atoms with Crippen LogP contribution < -0.4 is 0 Å². The number of hydrogen-bond acceptors (Lipinski definition) is 9. The molecule has 0 aliphatic heterocycles. The van der Waals surface area contributed by atoms with E-state index in [4.69, 9.17) is 4.52 Å². The molecule has 0 saturated carbocycles. The van der Waals surface area contributed by atoms with E-state index in [1.807, 2.05) is 17.5 Å². The Morgan fingerprint density at radius 2 is 1.75 bits per heavy atom. The van der Waals surface area contributed by atoms with E-state index < -0.39 is 0 Å². The molecule has 0 atom stereocenters. The van der Waals surface area contributed by atoms with E-state index in [9.17, 15) is 0 Å². The molecule has 0 radical (unpaired) electrons. The molecule has 0 N–H and O–H groups in total. The third-order valence-electron chi connectivity index (χ3n) is 3.93. The van der Waals surface area contributed by atoms with Gasteiger partial charge >= 0.3 is 0 Å². The molecular formula is C19H18N4OS4. The maximum absolute atomic E-state index is 5.32. The van der Waals surface area contributed by atoms with Crippen LogP contribution in [0.1, 0.15) is 36.8 Å². The van der Waals surface area contributed by atoms with E-state index in [2.05, 4.69) is 58.5 Å². The van der Waals surface area contributed by atoms with Crippen LogP contribution in [0.25, 0.3) is 10.7 Å². The standard InChI is InChI=1S/C19H18N4OS4/c1-12(2)14-7-5-13(6-8-14)10-26-18-21-22-19(28-18)27-11-16-20-17(23-24-16)15-4-3-9-25-15/h3-9,12H,10-11H2,1-2H3. The predicted molar refractivity (Wildman–Crippen MR) is 117 cm³/mol. The summed E-state index contributed by atoms with van der Waals surface area (Å²) in [7, 11) is 0. The average molecular weight is 447 g/mol. The number of nitrogens with zero attached hydrogens (tertiary/aromatic N) is 4. The monoisotopic (exact) mass is 446 g/mol. The molecule has 0 unspecified atom stereocenters. The van der Waals surface area contributed by atoms with Gasteiger partial charge in [0.25, 0.3) is 0 Å². The van der Waals surface area contributed by atoms with Gasteiger partial charge in [0.15, 0.2) is 8.68 Å². The third-order valence-corrected chi connectivity index (χ3v) is 8.04. The molecule has 0 aliphatic carbocycles. The van der Waals surface area contributed by atoms with Gasteiger partial charge in [0.1, 0.15) is 0 Å². The van der Waals surface area contributed by atoms with Crippen LogP contribution >= 0.6 is 46.2 Å². The van der Waals surface area contributed by atoms with Gasteiger partial charge in [-0.2, -0.15) is 4.98 Å². The molecule has 3 aromatic heterocycles. The van der Waals surface area contributed by atoms with Gasteiger partial charge in [-0.15, -0.1) is 21.5 Å². The van der Waals surface area contributed by atoms with E-state index in [0.717, 1.165) is 19.3 Å². The van der Waals surface area contributed by atoms with Crippen LogP contribution in [0.5, 0.6) is 0 Å².